The highest BCUT2D eigenvalue weighted by atomic mass is 19.1. The Labute approximate surface area is 99.7 Å². The molecule has 0 spiro atoms. The Morgan fingerprint density at radius 1 is 1.41 bits per heavy atom. The minimum absolute atomic E-state index is 0.0282. The van der Waals surface area contributed by atoms with Crippen LogP contribution in [-0.4, -0.2) is 34.4 Å². The van der Waals surface area contributed by atoms with Crippen LogP contribution in [-0.2, 0) is 6.61 Å². The van der Waals surface area contributed by atoms with Crippen molar-refractivity contribution in [3.05, 3.63) is 23.6 Å². The van der Waals surface area contributed by atoms with Crippen LogP contribution in [0.2, 0.25) is 0 Å². The predicted molar refractivity (Wildman–Crippen MR) is 62.2 cm³/mol. The van der Waals surface area contributed by atoms with Crippen LogP contribution in [0.5, 0.6) is 0 Å². The number of nitrogens with zero attached hydrogens (tertiary/aromatic N) is 2. The van der Waals surface area contributed by atoms with E-state index in [2.05, 4.69) is 4.98 Å². The number of aliphatic hydroxyl groups excluding tert-OH is 2. The number of rotatable bonds is 5. The second-order valence-electron chi connectivity index (χ2n) is 4.30. The van der Waals surface area contributed by atoms with Gasteiger partial charge in [-0.1, -0.05) is 0 Å². The summed E-state index contributed by atoms with van der Waals surface area (Å²) in [5.41, 5.74) is 0.477. The Kier molecular flexibility index (Phi) is 3.91. The maximum absolute atomic E-state index is 13.0. The van der Waals surface area contributed by atoms with Gasteiger partial charge in [0.1, 0.15) is 11.6 Å². The molecule has 2 N–H and O–H groups in total. The third kappa shape index (κ3) is 2.56. The standard InChI is InChI=1S/C12H17FN2O2/c13-10-6-9(8-17)12(14-7-10)15(4-5-16)11-2-1-3-11/h6-7,11,16-17H,1-5,8H2. The SMILES string of the molecule is OCCN(c1ncc(F)cc1CO)C1CCC1. The molecule has 4 nitrogen and oxygen atoms in total. The molecule has 0 aromatic carbocycles. The molecule has 5 heteroatoms. The van der Waals surface area contributed by atoms with E-state index in [1.54, 1.807) is 0 Å². The zero-order valence-electron chi connectivity index (χ0n) is 9.64. The molecule has 2 rings (SSSR count). The molecule has 94 valence electrons. The number of aliphatic hydroxyl groups is 2. The predicted octanol–water partition coefficient (Wildman–Crippen LogP) is 1.06. The van der Waals surface area contributed by atoms with E-state index >= 15 is 0 Å². The summed E-state index contributed by atoms with van der Waals surface area (Å²) in [7, 11) is 0. The Hall–Kier alpha value is -1.20. The van der Waals surface area contributed by atoms with Crippen molar-refractivity contribution in [2.45, 2.75) is 31.9 Å². The van der Waals surface area contributed by atoms with E-state index in [1.807, 2.05) is 4.90 Å². The lowest BCUT2D eigenvalue weighted by Crippen LogP contribution is -2.43. The molecule has 1 aliphatic rings. The van der Waals surface area contributed by atoms with Crippen molar-refractivity contribution in [3.63, 3.8) is 0 Å². The van der Waals surface area contributed by atoms with Crippen LogP contribution in [0, 0.1) is 5.82 Å². The van der Waals surface area contributed by atoms with Gasteiger partial charge in [-0.3, -0.25) is 0 Å². The van der Waals surface area contributed by atoms with Crippen molar-refractivity contribution in [1.29, 1.82) is 0 Å². The first-order valence-corrected chi connectivity index (χ1v) is 5.89. The van der Waals surface area contributed by atoms with Crippen LogP contribution >= 0.6 is 0 Å². The van der Waals surface area contributed by atoms with Crippen molar-refractivity contribution < 1.29 is 14.6 Å². The van der Waals surface area contributed by atoms with Gasteiger partial charge in [-0.25, -0.2) is 9.37 Å². The fourth-order valence-corrected chi connectivity index (χ4v) is 2.12. The zero-order valence-corrected chi connectivity index (χ0v) is 9.64. The monoisotopic (exact) mass is 240 g/mol. The van der Waals surface area contributed by atoms with Crippen LogP contribution in [0.15, 0.2) is 12.3 Å². The Morgan fingerprint density at radius 3 is 2.71 bits per heavy atom. The first-order chi connectivity index (χ1) is 8.26. The van der Waals surface area contributed by atoms with Crippen molar-refractivity contribution in [2.24, 2.45) is 0 Å². The highest BCUT2D eigenvalue weighted by Crippen LogP contribution is 2.30. The third-order valence-electron chi connectivity index (χ3n) is 3.21. The summed E-state index contributed by atoms with van der Waals surface area (Å²) < 4.78 is 13.0. The van der Waals surface area contributed by atoms with E-state index in [0.29, 0.717) is 24.0 Å². The summed E-state index contributed by atoms with van der Waals surface area (Å²) in [6.45, 7) is 0.255. The normalized spacial score (nSPS) is 15.7. The van der Waals surface area contributed by atoms with Gasteiger partial charge < -0.3 is 15.1 Å². The van der Waals surface area contributed by atoms with Crippen molar-refractivity contribution in [3.8, 4) is 0 Å². The van der Waals surface area contributed by atoms with Crippen LogP contribution < -0.4 is 4.90 Å². The summed E-state index contributed by atoms with van der Waals surface area (Å²) in [4.78, 5) is 6.02. The zero-order chi connectivity index (χ0) is 12.3. The summed E-state index contributed by atoms with van der Waals surface area (Å²) in [5.74, 6) is 0.142. The maximum atomic E-state index is 13.0. The molecule has 0 unspecified atom stereocenters. The number of hydrogen-bond donors (Lipinski definition) is 2. The molecule has 1 aromatic rings. The molecule has 0 atom stereocenters. The lowest BCUT2D eigenvalue weighted by atomic mass is 9.91. The van der Waals surface area contributed by atoms with Gasteiger partial charge >= 0.3 is 0 Å². The Bertz CT molecular complexity index is 383. The van der Waals surface area contributed by atoms with E-state index in [-0.39, 0.29) is 13.2 Å². The lowest BCUT2D eigenvalue weighted by Gasteiger charge is -2.38. The van der Waals surface area contributed by atoms with Gasteiger partial charge in [0.2, 0.25) is 0 Å². The quantitative estimate of drug-likeness (QED) is 0.808. The Morgan fingerprint density at radius 2 is 2.18 bits per heavy atom. The van der Waals surface area contributed by atoms with E-state index in [9.17, 15) is 9.50 Å². The van der Waals surface area contributed by atoms with Crippen molar-refractivity contribution in [1.82, 2.24) is 4.98 Å². The van der Waals surface area contributed by atoms with Gasteiger partial charge in [0, 0.05) is 18.2 Å². The molecule has 1 fully saturated rings. The van der Waals surface area contributed by atoms with E-state index in [4.69, 9.17) is 5.11 Å². The minimum atomic E-state index is -0.449. The van der Waals surface area contributed by atoms with Gasteiger partial charge in [0.25, 0.3) is 0 Å². The highest BCUT2D eigenvalue weighted by Gasteiger charge is 2.27. The van der Waals surface area contributed by atoms with Gasteiger partial charge in [-0.2, -0.15) is 0 Å². The van der Waals surface area contributed by atoms with Crippen LogP contribution in [0.4, 0.5) is 10.2 Å². The van der Waals surface area contributed by atoms with Gasteiger partial charge in [0.05, 0.1) is 19.4 Å². The number of halogens is 1. The highest BCUT2D eigenvalue weighted by molar-refractivity contribution is 5.48. The van der Waals surface area contributed by atoms with Crippen molar-refractivity contribution >= 4 is 5.82 Å². The molecule has 1 heterocycles. The average molecular weight is 240 g/mol. The second-order valence-corrected chi connectivity index (χ2v) is 4.30. The van der Waals surface area contributed by atoms with Gasteiger partial charge in [0.15, 0.2) is 0 Å². The number of hydrogen-bond acceptors (Lipinski definition) is 4. The molecule has 0 aliphatic heterocycles. The molecule has 1 saturated carbocycles. The number of pyridine rings is 1. The van der Waals surface area contributed by atoms with E-state index in [0.717, 1.165) is 19.0 Å². The molecule has 0 saturated heterocycles. The molecule has 0 radical (unpaired) electrons. The smallest absolute Gasteiger partial charge is 0.142 e. The largest absolute Gasteiger partial charge is 0.395 e. The van der Waals surface area contributed by atoms with Crippen LogP contribution in [0.3, 0.4) is 0 Å². The molecular weight excluding hydrogens is 223 g/mol. The molecule has 1 aromatic heterocycles. The van der Waals surface area contributed by atoms with Crippen LogP contribution in [0.25, 0.3) is 0 Å². The van der Waals surface area contributed by atoms with Gasteiger partial charge in [-0.05, 0) is 25.3 Å². The molecule has 0 bridgehead atoms. The summed E-state index contributed by atoms with van der Waals surface area (Å²) in [6.07, 6.45) is 4.44. The fraction of sp³-hybridized carbons (Fsp3) is 0.583. The summed E-state index contributed by atoms with van der Waals surface area (Å²) in [6, 6.07) is 1.65. The van der Waals surface area contributed by atoms with E-state index in [1.165, 1.54) is 12.5 Å². The number of anilines is 1. The first kappa shape index (κ1) is 12.3. The summed E-state index contributed by atoms with van der Waals surface area (Å²) >= 11 is 0. The summed E-state index contributed by atoms with van der Waals surface area (Å²) in [5, 5.41) is 18.3. The van der Waals surface area contributed by atoms with Crippen LogP contribution in [0.1, 0.15) is 24.8 Å². The lowest BCUT2D eigenvalue weighted by molar-refractivity contribution is 0.272. The first-order valence-electron chi connectivity index (χ1n) is 5.89. The molecule has 1 aliphatic carbocycles. The second kappa shape index (κ2) is 5.42. The molecule has 17 heavy (non-hydrogen) atoms. The minimum Gasteiger partial charge on any atom is -0.395 e. The van der Waals surface area contributed by atoms with E-state index < -0.39 is 5.82 Å². The van der Waals surface area contributed by atoms with Gasteiger partial charge in [-0.15, -0.1) is 0 Å². The maximum Gasteiger partial charge on any atom is 0.142 e. The Balaban J connectivity index is 2.27. The topological polar surface area (TPSA) is 56.6 Å². The average Bonchev–Trinajstić information content (AvgIpc) is 2.26. The fourth-order valence-electron chi connectivity index (χ4n) is 2.12. The third-order valence-corrected chi connectivity index (χ3v) is 3.21. The number of aromatic nitrogens is 1. The van der Waals surface area contributed by atoms with Crippen molar-refractivity contribution in [2.75, 3.05) is 18.1 Å². The molecular formula is C12H17FN2O2. The molecule has 0 amide bonds.